The summed E-state index contributed by atoms with van der Waals surface area (Å²) in [4.78, 5) is 0. The third-order valence-electron chi connectivity index (χ3n) is 3.11. The van der Waals surface area contributed by atoms with E-state index in [9.17, 15) is 12.8 Å². The number of sulfone groups is 1. The third-order valence-corrected chi connectivity index (χ3v) is 4.91. The highest BCUT2D eigenvalue weighted by Gasteiger charge is 2.19. The first-order chi connectivity index (χ1) is 9.82. The number of rotatable bonds is 5. The summed E-state index contributed by atoms with van der Waals surface area (Å²) < 4.78 is 39.1. The van der Waals surface area contributed by atoms with Gasteiger partial charge in [0.15, 0.2) is 9.84 Å². The Hall–Kier alpha value is -1.47. The molecule has 0 radical (unpaired) electrons. The molecular formula is C13H15ClFN3O2S. The molecule has 0 saturated heterocycles. The molecule has 2 aromatic rings. The van der Waals surface area contributed by atoms with Crippen LogP contribution in [0.1, 0.15) is 24.1 Å². The quantitative estimate of drug-likeness (QED) is 0.843. The van der Waals surface area contributed by atoms with Gasteiger partial charge in [0.05, 0.1) is 5.75 Å². The van der Waals surface area contributed by atoms with Gasteiger partial charge in [0, 0.05) is 18.5 Å². The number of aromatic nitrogens is 3. The van der Waals surface area contributed by atoms with Crippen LogP contribution < -0.4 is 0 Å². The van der Waals surface area contributed by atoms with Crippen molar-refractivity contribution in [2.75, 3.05) is 0 Å². The second-order valence-electron chi connectivity index (χ2n) is 4.71. The summed E-state index contributed by atoms with van der Waals surface area (Å²) in [5.74, 6) is 0.108. The molecule has 0 N–H and O–H groups in total. The van der Waals surface area contributed by atoms with Crippen molar-refractivity contribution in [1.29, 1.82) is 0 Å². The van der Waals surface area contributed by atoms with Crippen LogP contribution in [0.4, 0.5) is 4.39 Å². The van der Waals surface area contributed by atoms with Crippen molar-refractivity contribution in [2.24, 2.45) is 7.05 Å². The molecule has 5 nitrogen and oxygen atoms in total. The maximum absolute atomic E-state index is 13.0. The number of hydrogen-bond donors (Lipinski definition) is 0. The summed E-state index contributed by atoms with van der Waals surface area (Å²) in [6.07, 6.45) is 0.674. The first kappa shape index (κ1) is 15.9. The normalized spacial score (nSPS) is 11.8. The van der Waals surface area contributed by atoms with Gasteiger partial charge >= 0.3 is 0 Å². The van der Waals surface area contributed by atoms with Crippen LogP contribution in [0.3, 0.4) is 0 Å². The first-order valence-electron chi connectivity index (χ1n) is 6.34. The van der Waals surface area contributed by atoms with E-state index in [0.717, 1.165) is 11.9 Å². The van der Waals surface area contributed by atoms with E-state index in [-0.39, 0.29) is 16.5 Å². The number of nitrogens with zero attached hydrogens (tertiary/aromatic N) is 3. The lowest BCUT2D eigenvalue weighted by atomic mass is 10.2. The molecule has 0 fully saturated rings. The fourth-order valence-corrected chi connectivity index (χ4v) is 3.74. The van der Waals surface area contributed by atoms with Gasteiger partial charge < -0.3 is 4.57 Å². The summed E-state index contributed by atoms with van der Waals surface area (Å²) in [5.41, 5.74) is 0.371. The predicted octanol–water partition coefficient (Wildman–Crippen LogP) is 2.29. The van der Waals surface area contributed by atoms with Gasteiger partial charge in [-0.05, 0) is 17.7 Å². The summed E-state index contributed by atoms with van der Waals surface area (Å²) >= 11 is 5.86. The van der Waals surface area contributed by atoms with Crippen LogP contribution in [-0.4, -0.2) is 23.2 Å². The molecule has 21 heavy (non-hydrogen) atoms. The van der Waals surface area contributed by atoms with E-state index < -0.39 is 15.7 Å². The predicted molar refractivity (Wildman–Crippen MR) is 78.1 cm³/mol. The highest BCUT2D eigenvalue weighted by atomic mass is 35.5. The number of hydrogen-bond acceptors (Lipinski definition) is 4. The molecule has 0 bridgehead atoms. The van der Waals surface area contributed by atoms with Crippen molar-refractivity contribution < 1.29 is 12.8 Å². The van der Waals surface area contributed by atoms with Crippen molar-refractivity contribution in [3.05, 3.63) is 46.3 Å². The van der Waals surface area contributed by atoms with Crippen molar-refractivity contribution >= 4 is 21.4 Å². The SMILES string of the molecule is CCc1nnc(CS(=O)(=O)Cc2ccc(F)cc2Cl)n1C. The van der Waals surface area contributed by atoms with E-state index in [1.165, 1.54) is 12.1 Å². The summed E-state index contributed by atoms with van der Waals surface area (Å²) in [5, 5.41) is 7.92. The fraction of sp³-hybridized carbons (Fsp3) is 0.385. The largest absolute Gasteiger partial charge is 0.317 e. The van der Waals surface area contributed by atoms with Gasteiger partial charge in [-0.2, -0.15) is 0 Å². The summed E-state index contributed by atoms with van der Waals surface area (Å²) in [6.45, 7) is 1.92. The van der Waals surface area contributed by atoms with Crippen molar-refractivity contribution in [1.82, 2.24) is 14.8 Å². The van der Waals surface area contributed by atoms with Crippen LogP contribution in [0.5, 0.6) is 0 Å². The Morgan fingerprint density at radius 1 is 1.24 bits per heavy atom. The smallest absolute Gasteiger partial charge is 0.161 e. The molecule has 0 saturated carbocycles. The molecular weight excluding hydrogens is 317 g/mol. The molecule has 0 aliphatic carbocycles. The average Bonchev–Trinajstić information content (AvgIpc) is 2.73. The standard InChI is InChI=1S/C13H15ClFN3O2S/c1-3-12-16-17-13(18(12)2)8-21(19,20)7-9-4-5-10(15)6-11(9)14/h4-6H,3,7-8H2,1-2H3. The molecule has 1 heterocycles. The second kappa shape index (κ2) is 6.11. The molecule has 1 aromatic heterocycles. The van der Waals surface area contributed by atoms with Crippen LogP contribution in [0, 0.1) is 5.82 Å². The van der Waals surface area contributed by atoms with Crippen LogP contribution in [0.15, 0.2) is 18.2 Å². The van der Waals surface area contributed by atoms with E-state index >= 15 is 0 Å². The monoisotopic (exact) mass is 331 g/mol. The van der Waals surface area contributed by atoms with Crippen LogP contribution in [0.25, 0.3) is 0 Å². The Morgan fingerprint density at radius 3 is 2.48 bits per heavy atom. The lowest BCUT2D eigenvalue weighted by molar-refractivity contribution is 0.590. The number of halogens is 2. The molecule has 0 amide bonds. The fourth-order valence-electron chi connectivity index (χ4n) is 1.96. The third kappa shape index (κ3) is 3.79. The molecule has 0 atom stereocenters. The molecule has 0 unspecified atom stereocenters. The zero-order valence-corrected chi connectivity index (χ0v) is 13.2. The van der Waals surface area contributed by atoms with Crippen LogP contribution in [-0.2, 0) is 34.8 Å². The topological polar surface area (TPSA) is 64.8 Å². The Morgan fingerprint density at radius 2 is 1.90 bits per heavy atom. The number of aryl methyl sites for hydroxylation is 1. The highest BCUT2D eigenvalue weighted by molar-refractivity contribution is 7.89. The lowest BCUT2D eigenvalue weighted by Crippen LogP contribution is -2.12. The Balaban J connectivity index is 2.20. The zero-order valence-electron chi connectivity index (χ0n) is 11.7. The summed E-state index contributed by atoms with van der Waals surface area (Å²) in [6, 6.07) is 3.67. The van der Waals surface area contributed by atoms with Gasteiger partial charge in [-0.15, -0.1) is 10.2 Å². The molecule has 0 aliphatic rings. The molecule has 114 valence electrons. The molecule has 8 heteroatoms. The lowest BCUT2D eigenvalue weighted by Gasteiger charge is -2.07. The zero-order chi connectivity index (χ0) is 15.6. The Bertz CT molecular complexity index is 759. The van der Waals surface area contributed by atoms with E-state index in [1.54, 1.807) is 11.6 Å². The van der Waals surface area contributed by atoms with Crippen molar-refractivity contribution in [2.45, 2.75) is 24.9 Å². The average molecular weight is 332 g/mol. The van der Waals surface area contributed by atoms with Gasteiger partial charge in [-0.1, -0.05) is 24.6 Å². The van der Waals surface area contributed by atoms with Crippen LogP contribution >= 0.6 is 11.6 Å². The maximum Gasteiger partial charge on any atom is 0.161 e. The molecule has 0 aliphatic heterocycles. The minimum absolute atomic E-state index is 0.103. The van der Waals surface area contributed by atoms with Crippen LogP contribution in [0.2, 0.25) is 5.02 Å². The van der Waals surface area contributed by atoms with E-state index in [4.69, 9.17) is 11.6 Å². The molecule has 1 aromatic carbocycles. The number of benzene rings is 1. The van der Waals surface area contributed by atoms with E-state index in [2.05, 4.69) is 10.2 Å². The molecule has 2 rings (SSSR count). The van der Waals surface area contributed by atoms with Gasteiger partial charge in [-0.3, -0.25) is 0 Å². The van der Waals surface area contributed by atoms with Gasteiger partial charge in [0.2, 0.25) is 0 Å². The van der Waals surface area contributed by atoms with Gasteiger partial charge in [0.1, 0.15) is 23.2 Å². The Labute approximate surface area is 127 Å². The van der Waals surface area contributed by atoms with E-state index in [0.29, 0.717) is 17.8 Å². The first-order valence-corrected chi connectivity index (χ1v) is 8.54. The van der Waals surface area contributed by atoms with Crippen molar-refractivity contribution in [3.8, 4) is 0 Å². The highest BCUT2D eigenvalue weighted by Crippen LogP contribution is 2.21. The minimum Gasteiger partial charge on any atom is -0.317 e. The van der Waals surface area contributed by atoms with Crippen molar-refractivity contribution in [3.63, 3.8) is 0 Å². The minimum atomic E-state index is -3.47. The summed E-state index contributed by atoms with van der Waals surface area (Å²) in [7, 11) is -1.74. The maximum atomic E-state index is 13.0. The van der Waals surface area contributed by atoms with E-state index in [1.807, 2.05) is 6.92 Å². The second-order valence-corrected chi connectivity index (χ2v) is 7.18. The Kier molecular flexibility index (Phi) is 4.63. The van der Waals surface area contributed by atoms with Gasteiger partial charge in [0.25, 0.3) is 0 Å². The van der Waals surface area contributed by atoms with Gasteiger partial charge in [-0.25, -0.2) is 12.8 Å². The molecule has 0 spiro atoms.